The van der Waals surface area contributed by atoms with Crippen molar-refractivity contribution < 1.29 is 14.3 Å². The Morgan fingerprint density at radius 3 is 2.56 bits per heavy atom. The fourth-order valence-electron chi connectivity index (χ4n) is 1.58. The van der Waals surface area contributed by atoms with Crippen LogP contribution in [0.2, 0.25) is 0 Å². The van der Waals surface area contributed by atoms with Crippen LogP contribution in [0, 0.1) is 0 Å². The predicted molar refractivity (Wildman–Crippen MR) is 60.7 cm³/mol. The Morgan fingerprint density at radius 1 is 1.12 bits per heavy atom. The fourth-order valence-corrected chi connectivity index (χ4v) is 1.58. The molecule has 0 aliphatic carbocycles. The van der Waals surface area contributed by atoms with Gasteiger partial charge in [-0.05, 0) is 29.0 Å². The average molecular weight is 214 g/mol. The molecule has 0 amide bonds. The van der Waals surface area contributed by atoms with Crippen LogP contribution in [0.3, 0.4) is 0 Å². The van der Waals surface area contributed by atoms with Crippen molar-refractivity contribution in [1.29, 1.82) is 0 Å². The normalized spacial score (nSPS) is 10.1. The summed E-state index contributed by atoms with van der Waals surface area (Å²) in [7, 11) is 1.34. The molecule has 0 radical (unpaired) electrons. The fraction of sp³-hybridized carbons (Fsp3) is 0.0769. The molecule has 0 heterocycles. The minimum Gasteiger partial charge on any atom is -0.465 e. The lowest BCUT2D eigenvalue weighted by Gasteiger charge is -2.02. The molecule has 0 bridgehead atoms. The van der Waals surface area contributed by atoms with E-state index in [2.05, 4.69) is 4.74 Å². The van der Waals surface area contributed by atoms with Gasteiger partial charge in [0.15, 0.2) is 0 Å². The highest BCUT2D eigenvalue weighted by atomic mass is 16.5. The molecule has 2 aromatic carbocycles. The van der Waals surface area contributed by atoms with Crippen LogP contribution in [-0.2, 0) is 4.74 Å². The van der Waals surface area contributed by atoms with E-state index in [-0.39, 0.29) is 5.97 Å². The first kappa shape index (κ1) is 10.4. The summed E-state index contributed by atoms with van der Waals surface area (Å²) < 4.78 is 4.63. The van der Waals surface area contributed by atoms with E-state index in [1.54, 1.807) is 24.3 Å². The molecule has 0 aromatic heterocycles. The van der Waals surface area contributed by atoms with Crippen LogP contribution >= 0.6 is 0 Å². The van der Waals surface area contributed by atoms with Gasteiger partial charge in [-0.3, -0.25) is 4.79 Å². The summed E-state index contributed by atoms with van der Waals surface area (Å²) in [5.74, 6) is -0.376. The van der Waals surface area contributed by atoms with Gasteiger partial charge in [-0.15, -0.1) is 0 Å². The van der Waals surface area contributed by atoms with Crippen molar-refractivity contribution in [2.24, 2.45) is 0 Å². The monoisotopic (exact) mass is 214 g/mol. The van der Waals surface area contributed by atoms with Crippen molar-refractivity contribution >= 4 is 23.0 Å². The van der Waals surface area contributed by atoms with Crippen molar-refractivity contribution in [3.05, 3.63) is 47.5 Å². The first-order valence-electron chi connectivity index (χ1n) is 4.82. The largest absolute Gasteiger partial charge is 0.465 e. The van der Waals surface area contributed by atoms with Gasteiger partial charge in [0.2, 0.25) is 0 Å². The predicted octanol–water partition coefficient (Wildman–Crippen LogP) is 2.44. The molecule has 0 atom stereocenters. The third-order valence-corrected chi connectivity index (χ3v) is 2.42. The van der Waals surface area contributed by atoms with E-state index in [0.29, 0.717) is 11.1 Å². The molecule has 80 valence electrons. The number of methoxy groups -OCH3 is 1. The van der Waals surface area contributed by atoms with E-state index in [4.69, 9.17) is 0 Å². The summed E-state index contributed by atoms with van der Waals surface area (Å²) in [5.41, 5.74) is 1.08. The number of carbonyl (C=O) groups is 2. The number of ether oxygens (including phenoxy) is 1. The van der Waals surface area contributed by atoms with Crippen LogP contribution in [0.5, 0.6) is 0 Å². The second-order valence-corrected chi connectivity index (χ2v) is 3.43. The van der Waals surface area contributed by atoms with Crippen molar-refractivity contribution in [1.82, 2.24) is 0 Å². The third-order valence-electron chi connectivity index (χ3n) is 2.42. The van der Waals surface area contributed by atoms with Gasteiger partial charge in [-0.2, -0.15) is 0 Å². The van der Waals surface area contributed by atoms with E-state index in [0.717, 1.165) is 17.1 Å². The van der Waals surface area contributed by atoms with Gasteiger partial charge in [-0.25, -0.2) is 4.79 Å². The Hall–Kier alpha value is -2.16. The number of esters is 1. The number of hydrogen-bond donors (Lipinski definition) is 0. The highest BCUT2D eigenvalue weighted by Crippen LogP contribution is 2.17. The molecule has 0 spiro atoms. The Bertz CT molecular complexity index is 558. The van der Waals surface area contributed by atoms with Gasteiger partial charge in [-0.1, -0.05) is 18.2 Å². The second kappa shape index (κ2) is 4.14. The van der Waals surface area contributed by atoms with Crippen LogP contribution in [0.4, 0.5) is 0 Å². The first-order chi connectivity index (χ1) is 7.74. The maximum Gasteiger partial charge on any atom is 0.337 e. The summed E-state index contributed by atoms with van der Waals surface area (Å²) in [4.78, 5) is 22.0. The summed E-state index contributed by atoms with van der Waals surface area (Å²) in [6, 6.07) is 10.6. The zero-order valence-corrected chi connectivity index (χ0v) is 8.77. The van der Waals surface area contributed by atoms with E-state index >= 15 is 0 Å². The van der Waals surface area contributed by atoms with Gasteiger partial charge >= 0.3 is 5.97 Å². The molecule has 0 unspecified atom stereocenters. The SMILES string of the molecule is COC(=O)c1ccc2ccc(C=O)cc2c1. The number of aldehydes is 1. The standard InChI is InChI=1S/C13H10O3/c1-16-13(15)11-5-4-10-3-2-9(8-14)6-12(10)7-11/h2-8H,1H3. The van der Waals surface area contributed by atoms with Crippen molar-refractivity contribution in [2.75, 3.05) is 7.11 Å². The molecular weight excluding hydrogens is 204 g/mol. The smallest absolute Gasteiger partial charge is 0.337 e. The van der Waals surface area contributed by atoms with Crippen LogP contribution in [0.1, 0.15) is 20.7 Å². The molecular formula is C13H10O3. The topological polar surface area (TPSA) is 43.4 Å². The second-order valence-electron chi connectivity index (χ2n) is 3.43. The Balaban J connectivity index is 2.59. The van der Waals surface area contributed by atoms with E-state index < -0.39 is 0 Å². The van der Waals surface area contributed by atoms with E-state index in [9.17, 15) is 9.59 Å². The molecule has 0 aliphatic rings. The Labute approximate surface area is 92.6 Å². The Morgan fingerprint density at radius 2 is 1.88 bits per heavy atom. The van der Waals surface area contributed by atoms with Gasteiger partial charge < -0.3 is 4.74 Å². The summed E-state index contributed by atoms with van der Waals surface area (Å²) in [5, 5.41) is 1.84. The molecule has 0 aliphatic heterocycles. The van der Waals surface area contributed by atoms with Crippen molar-refractivity contribution in [2.45, 2.75) is 0 Å². The third kappa shape index (κ3) is 1.80. The maximum atomic E-state index is 11.3. The average Bonchev–Trinajstić information content (AvgIpc) is 2.36. The minimum absolute atomic E-state index is 0.376. The molecule has 0 saturated carbocycles. The molecule has 0 saturated heterocycles. The zero-order valence-electron chi connectivity index (χ0n) is 8.77. The zero-order chi connectivity index (χ0) is 11.5. The van der Waals surface area contributed by atoms with Crippen molar-refractivity contribution in [3.63, 3.8) is 0 Å². The highest BCUT2D eigenvalue weighted by molar-refractivity contribution is 5.96. The molecule has 16 heavy (non-hydrogen) atoms. The summed E-state index contributed by atoms with van der Waals surface area (Å²) in [6.07, 6.45) is 0.782. The first-order valence-corrected chi connectivity index (χ1v) is 4.82. The van der Waals surface area contributed by atoms with Gasteiger partial charge in [0, 0.05) is 5.56 Å². The molecule has 3 nitrogen and oxygen atoms in total. The number of rotatable bonds is 2. The Kier molecular flexibility index (Phi) is 2.68. The minimum atomic E-state index is -0.376. The number of fused-ring (bicyclic) bond motifs is 1. The summed E-state index contributed by atoms with van der Waals surface area (Å²) >= 11 is 0. The number of hydrogen-bond acceptors (Lipinski definition) is 3. The number of carbonyl (C=O) groups excluding carboxylic acids is 2. The molecule has 2 aromatic rings. The molecule has 0 N–H and O–H groups in total. The van der Waals surface area contributed by atoms with Crippen LogP contribution in [0.25, 0.3) is 10.8 Å². The molecule has 2 rings (SSSR count). The summed E-state index contributed by atoms with van der Waals surface area (Å²) in [6.45, 7) is 0. The number of benzene rings is 2. The van der Waals surface area contributed by atoms with E-state index in [1.807, 2.05) is 12.1 Å². The highest BCUT2D eigenvalue weighted by Gasteiger charge is 2.05. The van der Waals surface area contributed by atoms with Crippen molar-refractivity contribution in [3.8, 4) is 0 Å². The van der Waals surface area contributed by atoms with Gasteiger partial charge in [0.05, 0.1) is 12.7 Å². The lowest BCUT2D eigenvalue weighted by Crippen LogP contribution is -2.00. The molecule has 3 heteroatoms. The van der Waals surface area contributed by atoms with Crippen LogP contribution in [-0.4, -0.2) is 19.4 Å². The van der Waals surface area contributed by atoms with Gasteiger partial charge in [0.25, 0.3) is 0 Å². The van der Waals surface area contributed by atoms with Gasteiger partial charge in [0.1, 0.15) is 6.29 Å². The lowest BCUT2D eigenvalue weighted by molar-refractivity contribution is 0.0601. The quantitative estimate of drug-likeness (QED) is 0.569. The van der Waals surface area contributed by atoms with Crippen LogP contribution in [0.15, 0.2) is 36.4 Å². The molecule has 0 fully saturated rings. The maximum absolute atomic E-state index is 11.3. The van der Waals surface area contributed by atoms with Crippen LogP contribution < -0.4 is 0 Å². The van der Waals surface area contributed by atoms with E-state index in [1.165, 1.54) is 7.11 Å². The lowest BCUT2D eigenvalue weighted by atomic mass is 10.0.